The highest BCUT2D eigenvalue weighted by Crippen LogP contribution is 2.17. The van der Waals surface area contributed by atoms with Crippen molar-refractivity contribution in [3.8, 4) is 6.07 Å². The number of hydrogen-bond acceptors (Lipinski definition) is 2. The fourth-order valence-corrected chi connectivity index (χ4v) is 1.70. The molecule has 0 spiro atoms. The average Bonchev–Trinajstić information content (AvgIpc) is 2.39. The van der Waals surface area contributed by atoms with Crippen LogP contribution in [-0.4, -0.2) is 0 Å². The summed E-state index contributed by atoms with van der Waals surface area (Å²) in [4.78, 5) is 0. The molecule has 19 heavy (non-hydrogen) atoms. The highest BCUT2D eigenvalue weighted by atomic mass is 19.1. The fraction of sp³-hybridized carbons (Fsp3) is 0.133. The lowest BCUT2D eigenvalue weighted by atomic mass is 10.1. The Hall–Kier alpha value is -2.41. The molecule has 2 nitrogen and oxygen atoms in total. The summed E-state index contributed by atoms with van der Waals surface area (Å²) in [7, 11) is 0. The fourth-order valence-electron chi connectivity index (χ4n) is 1.70. The first-order valence-corrected chi connectivity index (χ1v) is 5.78. The summed E-state index contributed by atoms with van der Waals surface area (Å²) in [5.41, 5.74) is 1.81. The van der Waals surface area contributed by atoms with E-state index < -0.39 is 11.6 Å². The van der Waals surface area contributed by atoms with Gasteiger partial charge in [-0.15, -0.1) is 0 Å². The van der Waals surface area contributed by atoms with Crippen LogP contribution in [0.4, 0.5) is 14.5 Å². The maximum absolute atomic E-state index is 13.6. The van der Waals surface area contributed by atoms with Crippen LogP contribution in [0.25, 0.3) is 0 Å². The third-order valence-corrected chi connectivity index (χ3v) is 2.79. The summed E-state index contributed by atoms with van der Waals surface area (Å²) in [6.07, 6.45) is 0. The molecule has 2 aromatic rings. The Balaban J connectivity index is 2.16. The molecule has 4 heteroatoms. The molecule has 0 aliphatic carbocycles. The number of nitrogens with zero attached hydrogens (tertiary/aromatic N) is 1. The second-order valence-corrected chi connectivity index (χ2v) is 4.25. The van der Waals surface area contributed by atoms with Gasteiger partial charge in [0.05, 0.1) is 11.6 Å². The molecule has 0 radical (unpaired) electrons. The molecule has 0 saturated carbocycles. The van der Waals surface area contributed by atoms with Gasteiger partial charge in [-0.3, -0.25) is 0 Å². The van der Waals surface area contributed by atoms with Gasteiger partial charge in [0.2, 0.25) is 0 Å². The van der Waals surface area contributed by atoms with Crippen LogP contribution >= 0.6 is 0 Å². The topological polar surface area (TPSA) is 35.8 Å². The summed E-state index contributed by atoms with van der Waals surface area (Å²) >= 11 is 0. The smallest absolute Gasteiger partial charge is 0.132 e. The van der Waals surface area contributed by atoms with Gasteiger partial charge in [-0.05, 0) is 31.2 Å². The minimum absolute atomic E-state index is 0.0194. The van der Waals surface area contributed by atoms with Crippen molar-refractivity contribution >= 4 is 5.69 Å². The molecule has 0 aliphatic heterocycles. The van der Waals surface area contributed by atoms with Crippen molar-refractivity contribution in [3.63, 3.8) is 0 Å². The molecule has 0 aromatic heterocycles. The minimum atomic E-state index is -0.712. The summed E-state index contributed by atoms with van der Waals surface area (Å²) in [5, 5.41) is 11.6. The zero-order chi connectivity index (χ0) is 13.8. The van der Waals surface area contributed by atoms with Crippen LogP contribution in [0, 0.1) is 29.9 Å². The maximum Gasteiger partial charge on any atom is 0.132 e. The van der Waals surface area contributed by atoms with Crippen LogP contribution in [0.3, 0.4) is 0 Å². The number of nitriles is 1. The summed E-state index contributed by atoms with van der Waals surface area (Å²) in [6, 6.07) is 11.3. The molecule has 1 N–H and O–H groups in total. The number of halogens is 2. The van der Waals surface area contributed by atoms with E-state index in [4.69, 9.17) is 5.26 Å². The number of nitrogens with one attached hydrogen (secondary N) is 1. The Morgan fingerprint density at radius 1 is 1.11 bits per heavy atom. The Morgan fingerprint density at radius 3 is 2.21 bits per heavy atom. The Morgan fingerprint density at radius 2 is 1.68 bits per heavy atom. The van der Waals surface area contributed by atoms with Gasteiger partial charge >= 0.3 is 0 Å². The standard InChI is InChI=1S/C15H12F2N2/c1-10-2-4-12(5-3-10)19-9-13-14(16)6-11(8-18)7-15(13)17/h2-7,19H,9H2,1H3. The molecule has 0 heterocycles. The maximum atomic E-state index is 13.6. The van der Waals surface area contributed by atoms with Gasteiger partial charge < -0.3 is 5.32 Å². The van der Waals surface area contributed by atoms with Crippen molar-refractivity contribution in [2.45, 2.75) is 13.5 Å². The first-order valence-electron chi connectivity index (χ1n) is 5.78. The second kappa shape index (κ2) is 5.49. The second-order valence-electron chi connectivity index (χ2n) is 4.25. The van der Waals surface area contributed by atoms with Crippen LogP contribution in [0.2, 0.25) is 0 Å². The lowest BCUT2D eigenvalue weighted by Crippen LogP contribution is -2.05. The summed E-state index contributed by atoms with van der Waals surface area (Å²) in [5.74, 6) is -1.42. The van der Waals surface area contributed by atoms with Crippen LogP contribution in [0.15, 0.2) is 36.4 Å². The molecule has 0 atom stereocenters. The molecule has 96 valence electrons. The lowest BCUT2D eigenvalue weighted by Gasteiger charge is -2.09. The van der Waals surface area contributed by atoms with Crippen LogP contribution in [-0.2, 0) is 6.54 Å². The van der Waals surface area contributed by atoms with Crippen molar-refractivity contribution in [2.75, 3.05) is 5.32 Å². The van der Waals surface area contributed by atoms with Crippen molar-refractivity contribution in [2.24, 2.45) is 0 Å². The molecule has 0 unspecified atom stereocenters. The van der Waals surface area contributed by atoms with E-state index in [1.165, 1.54) is 0 Å². The van der Waals surface area contributed by atoms with Crippen molar-refractivity contribution < 1.29 is 8.78 Å². The van der Waals surface area contributed by atoms with E-state index in [2.05, 4.69) is 5.32 Å². The van der Waals surface area contributed by atoms with Gasteiger partial charge in [0.25, 0.3) is 0 Å². The molecular weight excluding hydrogens is 246 g/mol. The number of aryl methyl sites for hydroxylation is 1. The predicted octanol–water partition coefficient (Wildman–Crippen LogP) is 3.76. The van der Waals surface area contributed by atoms with E-state index in [0.29, 0.717) is 0 Å². The zero-order valence-corrected chi connectivity index (χ0v) is 10.4. The summed E-state index contributed by atoms with van der Waals surface area (Å²) < 4.78 is 27.3. The van der Waals surface area contributed by atoms with Crippen molar-refractivity contribution in [1.29, 1.82) is 5.26 Å². The normalized spacial score (nSPS) is 10.0. The van der Waals surface area contributed by atoms with Crippen LogP contribution in [0.1, 0.15) is 16.7 Å². The van der Waals surface area contributed by atoms with Gasteiger partial charge in [0, 0.05) is 17.8 Å². The van der Waals surface area contributed by atoms with Gasteiger partial charge in [0.1, 0.15) is 11.6 Å². The monoisotopic (exact) mass is 258 g/mol. The van der Waals surface area contributed by atoms with E-state index in [1.807, 2.05) is 31.2 Å². The third kappa shape index (κ3) is 3.08. The Kier molecular flexibility index (Phi) is 3.76. The van der Waals surface area contributed by atoms with E-state index in [1.54, 1.807) is 6.07 Å². The number of rotatable bonds is 3. The molecule has 0 bridgehead atoms. The number of anilines is 1. The van der Waals surface area contributed by atoms with Crippen molar-refractivity contribution in [1.82, 2.24) is 0 Å². The van der Waals surface area contributed by atoms with E-state index in [9.17, 15) is 8.78 Å². The highest BCUT2D eigenvalue weighted by molar-refractivity contribution is 5.45. The van der Waals surface area contributed by atoms with E-state index in [0.717, 1.165) is 23.4 Å². The number of hydrogen-bond donors (Lipinski definition) is 1. The first kappa shape index (κ1) is 13.0. The molecule has 0 aliphatic rings. The van der Waals surface area contributed by atoms with Gasteiger partial charge in [0.15, 0.2) is 0 Å². The number of benzene rings is 2. The van der Waals surface area contributed by atoms with E-state index in [-0.39, 0.29) is 17.7 Å². The Bertz CT molecular complexity index is 605. The average molecular weight is 258 g/mol. The molecule has 0 saturated heterocycles. The van der Waals surface area contributed by atoms with Crippen molar-refractivity contribution in [3.05, 3.63) is 64.7 Å². The highest BCUT2D eigenvalue weighted by Gasteiger charge is 2.10. The molecule has 2 rings (SSSR count). The first-order chi connectivity index (χ1) is 9.10. The Labute approximate surface area is 110 Å². The summed E-state index contributed by atoms with van der Waals surface area (Å²) in [6.45, 7) is 2.00. The largest absolute Gasteiger partial charge is 0.381 e. The van der Waals surface area contributed by atoms with Crippen LogP contribution in [0.5, 0.6) is 0 Å². The van der Waals surface area contributed by atoms with Gasteiger partial charge in [-0.25, -0.2) is 8.78 Å². The lowest BCUT2D eigenvalue weighted by molar-refractivity contribution is 0.559. The molecule has 0 fully saturated rings. The SMILES string of the molecule is Cc1ccc(NCc2c(F)cc(C#N)cc2F)cc1. The minimum Gasteiger partial charge on any atom is -0.381 e. The quantitative estimate of drug-likeness (QED) is 0.909. The van der Waals surface area contributed by atoms with E-state index >= 15 is 0 Å². The zero-order valence-electron chi connectivity index (χ0n) is 10.4. The molecule has 2 aromatic carbocycles. The van der Waals surface area contributed by atoms with Gasteiger partial charge in [-0.2, -0.15) is 5.26 Å². The molecular formula is C15H12F2N2. The molecule has 0 amide bonds. The van der Waals surface area contributed by atoms with Gasteiger partial charge in [-0.1, -0.05) is 17.7 Å². The van der Waals surface area contributed by atoms with Crippen LogP contribution < -0.4 is 5.32 Å². The predicted molar refractivity (Wildman–Crippen MR) is 69.6 cm³/mol. The third-order valence-electron chi connectivity index (χ3n) is 2.79.